The monoisotopic (exact) mass is 338 g/mol. The summed E-state index contributed by atoms with van der Waals surface area (Å²) in [6.45, 7) is 7.60. The van der Waals surface area contributed by atoms with E-state index in [9.17, 15) is 4.79 Å². The van der Waals surface area contributed by atoms with Crippen LogP contribution >= 0.6 is 0 Å². The molecular weight excluding hydrogens is 312 g/mol. The van der Waals surface area contributed by atoms with Crippen LogP contribution in [0.15, 0.2) is 42.5 Å². The van der Waals surface area contributed by atoms with Crippen molar-refractivity contribution in [2.75, 3.05) is 36.5 Å². The number of ether oxygens (including phenoxy) is 1. The molecule has 0 unspecified atom stereocenters. The summed E-state index contributed by atoms with van der Waals surface area (Å²) in [6.07, 6.45) is 1.24. The number of aryl methyl sites for hydroxylation is 3. The molecule has 0 saturated carbocycles. The number of rotatable bonds is 5. The van der Waals surface area contributed by atoms with E-state index >= 15 is 0 Å². The molecule has 4 heteroatoms. The van der Waals surface area contributed by atoms with Crippen LogP contribution in [0.3, 0.4) is 0 Å². The number of anilines is 2. The molecule has 4 nitrogen and oxygen atoms in total. The van der Waals surface area contributed by atoms with Crippen LogP contribution in [0, 0.1) is 13.8 Å². The van der Waals surface area contributed by atoms with Crippen LogP contribution in [0.1, 0.15) is 23.1 Å². The van der Waals surface area contributed by atoms with Crippen molar-refractivity contribution in [1.82, 2.24) is 0 Å². The van der Waals surface area contributed by atoms with Gasteiger partial charge in [-0.05, 0) is 61.2 Å². The first-order chi connectivity index (χ1) is 12.1. The van der Waals surface area contributed by atoms with E-state index in [0.29, 0.717) is 6.42 Å². The van der Waals surface area contributed by atoms with Crippen molar-refractivity contribution in [1.29, 1.82) is 0 Å². The standard InChI is InChI=1S/C21H26N2O2/c1-16-3-7-19(15-17(16)2)22-21(24)10-6-18-4-8-20(9-5-18)23-11-13-25-14-12-23/h3-5,7-9,15H,6,10-14H2,1-2H3,(H,22,24). The van der Waals surface area contributed by atoms with Crippen molar-refractivity contribution in [3.05, 3.63) is 59.2 Å². The molecule has 3 rings (SSSR count). The highest BCUT2D eigenvalue weighted by atomic mass is 16.5. The number of morpholine rings is 1. The fourth-order valence-corrected chi connectivity index (χ4v) is 3.00. The summed E-state index contributed by atoms with van der Waals surface area (Å²) in [4.78, 5) is 14.5. The molecule has 132 valence electrons. The van der Waals surface area contributed by atoms with Gasteiger partial charge in [0.05, 0.1) is 13.2 Å². The summed E-state index contributed by atoms with van der Waals surface area (Å²) in [5, 5.41) is 2.98. The Kier molecular flexibility index (Phi) is 5.71. The largest absolute Gasteiger partial charge is 0.378 e. The highest BCUT2D eigenvalue weighted by molar-refractivity contribution is 5.90. The van der Waals surface area contributed by atoms with E-state index < -0.39 is 0 Å². The molecule has 1 aliphatic heterocycles. The number of hydrogen-bond acceptors (Lipinski definition) is 3. The quantitative estimate of drug-likeness (QED) is 0.903. The van der Waals surface area contributed by atoms with Crippen LogP contribution in [0.5, 0.6) is 0 Å². The second kappa shape index (κ2) is 8.17. The number of amides is 1. The highest BCUT2D eigenvalue weighted by Crippen LogP contribution is 2.18. The van der Waals surface area contributed by atoms with E-state index in [2.05, 4.69) is 48.3 Å². The zero-order chi connectivity index (χ0) is 17.6. The van der Waals surface area contributed by atoms with Gasteiger partial charge in [-0.15, -0.1) is 0 Å². The van der Waals surface area contributed by atoms with Gasteiger partial charge in [-0.2, -0.15) is 0 Å². The first kappa shape index (κ1) is 17.5. The van der Waals surface area contributed by atoms with Gasteiger partial charge in [0, 0.05) is 30.9 Å². The van der Waals surface area contributed by atoms with Gasteiger partial charge in [0.2, 0.25) is 5.91 Å². The molecule has 0 spiro atoms. The van der Waals surface area contributed by atoms with Gasteiger partial charge in [0.25, 0.3) is 0 Å². The second-order valence-corrected chi connectivity index (χ2v) is 6.61. The molecular formula is C21H26N2O2. The summed E-state index contributed by atoms with van der Waals surface area (Å²) < 4.78 is 5.39. The molecule has 0 atom stereocenters. The summed E-state index contributed by atoms with van der Waals surface area (Å²) >= 11 is 0. The minimum Gasteiger partial charge on any atom is -0.378 e. The Bertz CT molecular complexity index is 719. The Morgan fingerprint density at radius 2 is 1.76 bits per heavy atom. The summed E-state index contributed by atoms with van der Waals surface area (Å²) in [6, 6.07) is 14.5. The fourth-order valence-electron chi connectivity index (χ4n) is 3.00. The predicted molar refractivity (Wildman–Crippen MR) is 102 cm³/mol. The van der Waals surface area contributed by atoms with Crippen LogP contribution in [0.4, 0.5) is 11.4 Å². The molecule has 25 heavy (non-hydrogen) atoms. The number of nitrogens with zero attached hydrogens (tertiary/aromatic N) is 1. The van der Waals surface area contributed by atoms with Crippen LogP contribution < -0.4 is 10.2 Å². The smallest absolute Gasteiger partial charge is 0.224 e. The molecule has 0 radical (unpaired) electrons. The molecule has 0 aliphatic carbocycles. The lowest BCUT2D eigenvalue weighted by atomic mass is 10.1. The van der Waals surface area contributed by atoms with Gasteiger partial charge < -0.3 is 15.0 Å². The lowest BCUT2D eigenvalue weighted by molar-refractivity contribution is -0.116. The number of hydrogen-bond donors (Lipinski definition) is 1. The topological polar surface area (TPSA) is 41.6 Å². The van der Waals surface area contributed by atoms with Gasteiger partial charge >= 0.3 is 0 Å². The maximum Gasteiger partial charge on any atom is 0.224 e. The first-order valence-electron chi connectivity index (χ1n) is 8.90. The third-order valence-corrected chi connectivity index (χ3v) is 4.74. The molecule has 2 aromatic rings. The number of carbonyl (C=O) groups excluding carboxylic acids is 1. The Morgan fingerprint density at radius 1 is 1.04 bits per heavy atom. The van der Waals surface area contributed by atoms with E-state index in [1.54, 1.807) is 0 Å². The highest BCUT2D eigenvalue weighted by Gasteiger charge is 2.11. The van der Waals surface area contributed by atoms with Crippen molar-refractivity contribution in [2.45, 2.75) is 26.7 Å². The Morgan fingerprint density at radius 3 is 2.44 bits per heavy atom. The van der Waals surface area contributed by atoms with Crippen molar-refractivity contribution < 1.29 is 9.53 Å². The maximum atomic E-state index is 12.2. The molecule has 1 fully saturated rings. The van der Waals surface area contributed by atoms with E-state index in [1.165, 1.54) is 22.4 Å². The summed E-state index contributed by atoms with van der Waals surface area (Å²) in [7, 11) is 0. The van der Waals surface area contributed by atoms with E-state index in [4.69, 9.17) is 4.74 Å². The normalized spacial score (nSPS) is 14.4. The molecule has 1 amide bonds. The van der Waals surface area contributed by atoms with Crippen molar-refractivity contribution in [3.63, 3.8) is 0 Å². The lowest BCUT2D eigenvalue weighted by Crippen LogP contribution is -2.36. The molecule has 0 aromatic heterocycles. The summed E-state index contributed by atoms with van der Waals surface area (Å²) in [5.74, 6) is 0.0560. The van der Waals surface area contributed by atoms with E-state index in [0.717, 1.165) is 38.4 Å². The third-order valence-electron chi connectivity index (χ3n) is 4.74. The van der Waals surface area contributed by atoms with Crippen molar-refractivity contribution >= 4 is 17.3 Å². The van der Waals surface area contributed by atoms with Crippen molar-refractivity contribution in [2.24, 2.45) is 0 Å². The SMILES string of the molecule is Cc1ccc(NC(=O)CCc2ccc(N3CCOCC3)cc2)cc1C. The van der Waals surface area contributed by atoms with Gasteiger partial charge in [-0.3, -0.25) is 4.79 Å². The molecule has 1 N–H and O–H groups in total. The molecule has 1 aliphatic rings. The average molecular weight is 338 g/mol. The zero-order valence-corrected chi connectivity index (χ0v) is 15.0. The fraction of sp³-hybridized carbons (Fsp3) is 0.381. The molecule has 1 heterocycles. The first-order valence-corrected chi connectivity index (χ1v) is 8.90. The third kappa shape index (κ3) is 4.83. The number of carbonyl (C=O) groups is 1. The van der Waals surface area contributed by atoms with Crippen LogP contribution in [0.2, 0.25) is 0 Å². The predicted octanol–water partition coefficient (Wildman–Crippen LogP) is 3.71. The Hall–Kier alpha value is -2.33. The van der Waals surface area contributed by atoms with Gasteiger partial charge in [-0.25, -0.2) is 0 Å². The Balaban J connectivity index is 1.50. The molecule has 0 bridgehead atoms. The minimum atomic E-state index is 0.0560. The average Bonchev–Trinajstić information content (AvgIpc) is 2.64. The second-order valence-electron chi connectivity index (χ2n) is 6.61. The zero-order valence-electron chi connectivity index (χ0n) is 15.0. The van der Waals surface area contributed by atoms with E-state index in [-0.39, 0.29) is 5.91 Å². The van der Waals surface area contributed by atoms with Crippen LogP contribution in [0.25, 0.3) is 0 Å². The Labute approximate surface area is 149 Å². The molecule has 1 saturated heterocycles. The van der Waals surface area contributed by atoms with Gasteiger partial charge in [-0.1, -0.05) is 18.2 Å². The molecule has 2 aromatic carbocycles. The number of nitrogens with one attached hydrogen (secondary N) is 1. The van der Waals surface area contributed by atoms with Crippen LogP contribution in [-0.4, -0.2) is 32.2 Å². The van der Waals surface area contributed by atoms with Gasteiger partial charge in [0.15, 0.2) is 0 Å². The van der Waals surface area contributed by atoms with Crippen molar-refractivity contribution in [3.8, 4) is 0 Å². The maximum absolute atomic E-state index is 12.2. The van der Waals surface area contributed by atoms with Gasteiger partial charge in [0.1, 0.15) is 0 Å². The lowest BCUT2D eigenvalue weighted by Gasteiger charge is -2.28. The summed E-state index contributed by atoms with van der Waals surface area (Å²) in [5.41, 5.74) is 5.71. The van der Waals surface area contributed by atoms with Crippen LogP contribution in [-0.2, 0) is 16.0 Å². The minimum absolute atomic E-state index is 0.0560. The number of benzene rings is 2. The van der Waals surface area contributed by atoms with E-state index in [1.807, 2.05) is 18.2 Å².